The number of carboxylic acid groups (broad SMARTS) is 1. The molecule has 0 heterocycles. The van der Waals surface area contributed by atoms with Crippen molar-refractivity contribution in [3.05, 3.63) is 22.8 Å². The smallest absolute Gasteiger partial charge is 0.335 e. The lowest BCUT2D eigenvalue weighted by Gasteiger charge is -2.07. The van der Waals surface area contributed by atoms with Gasteiger partial charge in [-0.25, -0.2) is 4.79 Å². The number of hydrogen-bond donors (Lipinski definition) is 1. The minimum absolute atomic E-state index is 0.503. The Morgan fingerprint density at radius 1 is 1.12 bits per heavy atom. The first kappa shape index (κ1) is 16.0. The fourth-order valence-electron chi connectivity index (χ4n) is 1.86. The molecule has 0 atom stereocenters. The molecule has 0 aromatic heterocycles. The summed E-state index contributed by atoms with van der Waals surface area (Å²) in [5, 5.41) is 9.19. The van der Waals surface area contributed by atoms with Gasteiger partial charge in [-0.15, -0.1) is 0 Å². The van der Waals surface area contributed by atoms with Crippen LogP contribution in [0.25, 0.3) is 0 Å². The van der Waals surface area contributed by atoms with Gasteiger partial charge in [-0.05, 0) is 38.7 Å². The average Bonchev–Trinajstić information content (AvgIpc) is 2.28. The Hall–Kier alpha value is -1.05. The topological polar surface area (TPSA) is 37.3 Å². The van der Waals surface area contributed by atoms with Gasteiger partial charge < -0.3 is 5.11 Å². The van der Waals surface area contributed by atoms with Crippen molar-refractivity contribution < 1.29 is 9.90 Å². The molecule has 0 saturated carbocycles. The summed E-state index contributed by atoms with van der Waals surface area (Å²) in [5.74, 6) is -0.799. The SMILES string of the molecule is CCCCCCC=C(C)C(C(=O)O)=C(C)CC. The van der Waals surface area contributed by atoms with Gasteiger partial charge in [0.05, 0.1) is 5.57 Å². The third-order valence-corrected chi connectivity index (χ3v) is 3.07. The highest BCUT2D eigenvalue weighted by Gasteiger charge is 2.11. The van der Waals surface area contributed by atoms with Crippen molar-refractivity contribution in [2.75, 3.05) is 0 Å². The van der Waals surface area contributed by atoms with Crippen molar-refractivity contribution >= 4 is 5.97 Å². The van der Waals surface area contributed by atoms with Gasteiger partial charge in [0, 0.05) is 0 Å². The van der Waals surface area contributed by atoms with E-state index >= 15 is 0 Å². The van der Waals surface area contributed by atoms with E-state index in [0.29, 0.717) is 5.57 Å². The molecule has 0 aliphatic carbocycles. The standard InChI is InChI=1S/C15H26O2/c1-5-7-8-9-10-11-13(4)14(15(16)17)12(3)6-2/h11H,5-10H2,1-4H3,(H,16,17). The van der Waals surface area contributed by atoms with Crippen LogP contribution in [0.15, 0.2) is 22.8 Å². The fourth-order valence-corrected chi connectivity index (χ4v) is 1.86. The summed E-state index contributed by atoms with van der Waals surface area (Å²) >= 11 is 0. The molecular formula is C15H26O2. The van der Waals surface area contributed by atoms with E-state index in [9.17, 15) is 9.90 Å². The largest absolute Gasteiger partial charge is 0.478 e. The average molecular weight is 238 g/mol. The van der Waals surface area contributed by atoms with Crippen molar-refractivity contribution in [2.24, 2.45) is 0 Å². The molecule has 0 aromatic rings. The highest BCUT2D eigenvalue weighted by atomic mass is 16.4. The normalized spacial score (nSPS) is 13.5. The molecule has 0 saturated heterocycles. The molecule has 0 rings (SSSR count). The third-order valence-electron chi connectivity index (χ3n) is 3.07. The van der Waals surface area contributed by atoms with Gasteiger partial charge in [-0.2, -0.15) is 0 Å². The number of allylic oxidation sites excluding steroid dienone is 2. The van der Waals surface area contributed by atoms with Crippen LogP contribution in [0, 0.1) is 0 Å². The van der Waals surface area contributed by atoms with Crippen LogP contribution in [-0.2, 0) is 4.79 Å². The van der Waals surface area contributed by atoms with Gasteiger partial charge in [-0.3, -0.25) is 0 Å². The fraction of sp³-hybridized carbons (Fsp3) is 0.667. The lowest BCUT2D eigenvalue weighted by Crippen LogP contribution is -2.04. The molecule has 0 radical (unpaired) electrons. The van der Waals surface area contributed by atoms with Gasteiger partial charge in [0.2, 0.25) is 0 Å². The monoisotopic (exact) mass is 238 g/mol. The molecule has 0 aliphatic heterocycles. The van der Waals surface area contributed by atoms with E-state index in [0.717, 1.165) is 30.4 Å². The van der Waals surface area contributed by atoms with E-state index < -0.39 is 5.97 Å². The second-order valence-corrected chi connectivity index (χ2v) is 4.55. The Kier molecular flexibility index (Phi) is 8.47. The maximum Gasteiger partial charge on any atom is 0.335 e. The maximum absolute atomic E-state index is 11.2. The quantitative estimate of drug-likeness (QED) is 0.377. The Morgan fingerprint density at radius 2 is 1.76 bits per heavy atom. The summed E-state index contributed by atoms with van der Waals surface area (Å²) in [6, 6.07) is 0. The van der Waals surface area contributed by atoms with Crippen LogP contribution in [0.1, 0.15) is 66.2 Å². The summed E-state index contributed by atoms with van der Waals surface area (Å²) in [5.41, 5.74) is 2.37. The van der Waals surface area contributed by atoms with Crippen LogP contribution in [-0.4, -0.2) is 11.1 Å². The minimum Gasteiger partial charge on any atom is -0.478 e. The van der Waals surface area contributed by atoms with Crippen LogP contribution in [0.5, 0.6) is 0 Å². The van der Waals surface area contributed by atoms with E-state index in [1.807, 2.05) is 20.8 Å². The molecular weight excluding hydrogens is 212 g/mol. The van der Waals surface area contributed by atoms with Crippen LogP contribution in [0.3, 0.4) is 0 Å². The van der Waals surface area contributed by atoms with Gasteiger partial charge in [0.15, 0.2) is 0 Å². The second kappa shape index (κ2) is 9.03. The molecule has 98 valence electrons. The summed E-state index contributed by atoms with van der Waals surface area (Å²) in [4.78, 5) is 11.2. The molecule has 0 amide bonds. The molecule has 0 bridgehead atoms. The number of rotatable bonds is 8. The zero-order valence-electron chi connectivity index (χ0n) is 11.7. The van der Waals surface area contributed by atoms with Crippen LogP contribution < -0.4 is 0 Å². The Bertz CT molecular complexity index is 298. The Morgan fingerprint density at radius 3 is 2.24 bits per heavy atom. The molecule has 2 heteroatoms. The maximum atomic E-state index is 11.2. The van der Waals surface area contributed by atoms with Crippen LogP contribution in [0.2, 0.25) is 0 Å². The van der Waals surface area contributed by atoms with Crippen molar-refractivity contribution in [3.8, 4) is 0 Å². The van der Waals surface area contributed by atoms with Crippen molar-refractivity contribution in [1.29, 1.82) is 0 Å². The molecule has 0 spiro atoms. The van der Waals surface area contributed by atoms with Gasteiger partial charge in [0.25, 0.3) is 0 Å². The van der Waals surface area contributed by atoms with Gasteiger partial charge in [-0.1, -0.05) is 44.8 Å². The van der Waals surface area contributed by atoms with Crippen molar-refractivity contribution in [3.63, 3.8) is 0 Å². The predicted octanol–water partition coefficient (Wildman–Crippen LogP) is 4.71. The number of carboxylic acids is 1. The molecule has 0 aliphatic rings. The first-order valence-electron chi connectivity index (χ1n) is 6.64. The third kappa shape index (κ3) is 6.30. The number of carbonyl (C=O) groups is 1. The first-order valence-corrected chi connectivity index (χ1v) is 6.64. The highest BCUT2D eigenvalue weighted by molar-refractivity contribution is 5.92. The molecule has 17 heavy (non-hydrogen) atoms. The molecule has 0 unspecified atom stereocenters. The van der Waals surface area contributed by atoms with E-state index in [4.69, 9.17) is 0 Å². The van der Waals surface area contributed by atoms with E-state index in [2.05, 4.69) is 13.0 Å². The predicted molar refractivity (Wildman–Crippen MR) is 73.1 cm³/mol. The lowest BCUT2D eigenvalue weighted by molar-refractivity contribution is -0.132. The van der Waals surface area contributed by atoms with Gasteiger partial charge >= 0.3 is 5.97 Å². The number of aliphatic carboxylic acids is 1. The second-order valence-electron chi connectivity index (χ2n) is 4.55. The summed E-state index contributed by atoms with van der Waals surface area (Å²) in [6.45, 7) is 7.99. The zero-order chi connectivity index (χ0) is 13.3. The van der Waals surface area contributed by atoms with Crippen molar-refractivity contribution in [2.45, 2.75) is 66.2 Å². The Labute approximate surface area is 105 Å². The number of hydrogen-bond acceptors (Lipinski definition) is 1. The zero-order valence-corrected chi connectivity index (χ0v) is 11.7. The summed E-state index contributed by atoms with van der Waals surface area (Å²) < 4.78 is 0. The number of unbranched alkanes of at least 4 members (excludes halogenated alkanes) is 4. The van der Waals surface area contributed by atoms with Crippen LogP contribution >= 0.6 is 0 Å². The van der Waals surface area contributed by atoms with E-state index in [1.165, 1.54) is 19.3 Å². The molecule has 0 aromatic carbocycles. The molecule has 0 fully saturated rings. The minimum atomic E-state index is -0.799. The van der Waals surface area contributed by atoms with Gasteiger partial charge in [0.1, 0.15) is 0 Å². The summed E-state index contributed by atoms with van der Waals surface area (Å²) in [6.07, 6.45) is 8.74. The Balaban J connectivity index is 4.48. The molecule has 1 N–H and O–H groups in total. The van der Waals surface area contributed by atoms with E-state index in [1.54, 1.807) is 0 Å². The lowest BCUT2D eigenvalue weighted by atomic mass is 9.99. The molecule has 2 nitrogen and oxygen atoms in total. The van der Waals surface area contributed by atoms with E-state index in [-0.39, 0.29) is 0 Å². The summed E-state index contributed by atoms with van der Waals surface area (Å²) in [7, 11) is 0. The van der Waals surface area contributed by atoms with Crippen molar-refractivity contribution in [1.82, 2.24) is 0 Å². The highest BCUT2D eigenvalue weighted by Crippen LogP contribution is 2.18. The first-order chi connectivity index (χ1) is 8.04. The van der Waals surface area contributed by atoms with Crippen LogP contribution in [0.4, 0.5) is 0 Å².